The average molecular weight is 390 g/mol. The SMILES string of the molecule is CCCCCCCCCCCCCOC(=O)c1cc(C(F)(F)F)ccc1F. The molecule has 0 saturated carbocycles. The van der Waals surface area contributed by atoms with E-state index in [2.05, 4.69) is 6.92 Å². The number of carbonyl (C=O) groups excluding carboxylic acids is 1. The highest BCUT2D eigenvalue weighted by atomic mass is 19.4. The van der Waals surface area contributed by atoms with Gasteiger partial charge in [-0.05, 0) is 24.6 Å². The van der Waals surface area contributed by atoms with Crippen molar-refractivity contribution in [3.8, 4) is 0 Å². The van der Waals surface area contributed by atoms with Gasteiger partial charge in [0.1, 0.15) is 5.82 Å². The molecular formula is C21H30F4O2. The van der Waals surface area contributed by atoms with Crippen LogP contribution in [0.2, 0.25) is 0 Å². The molecule has 0 aliphatic heterocycles. The largest absolute Gasteiger partial charge is 0.462 e. The van der Waals surface area contributed by atoms with Gasteiger partial charge in [-0.15, -0.1) is 0 Å². The van der Waals surface area contributed by atoms with E-state index in [0.717, 1.165) is 19.3 Å². The van der Waals surface area contributed by atoms with Crippen molar-refractivity contribution in [3.63, 3.8) is 0 Å². The maximum atomic E-state index is 13.6. The van der Waals surface area contributed by atoms with Crippen molar-refractivity contribution in [1.29, 1.82) is 0 Å². The van der Waals surface area contributed by atoms with Gasteiger partial charge in [0.05, 0.1) is 17.7 Å². The molecule has 0 aromatic heterocycles. The van der Waals surface area contributed by atoms with E-state index in [9.17, 15) is 22.4 Å². The predicted octanol–water partition coefficient (Wildman–Crippen LogP) is 7.31. The molecule has 1 aromatic rings. The fraction of sp³-hybridized carbons (Fsp3) is 0.667. The van der Waals surface area contributed by atoms with Crippen LogP contribution in [-0.2, 0) is 10.9 Å². The molecule has 0 spiro atoms. The number of benzene rings is 1. The highest BCUT2D eigenvalue weighted by Crippen LogP contribution is 2.30. The molecule has 0 atom stereocenters. The second-order valence-electron chi connectivity index (χ2n) is 6.86. The molecule has 1 rings (SSSR count). The van der Waals surface area contributed by atoms with Crippen molar-refractivity contribution >= 4 is 5.97 Å². The zero-order valence-corrected chi connectivity index (χ0v) is 16.0. The molecule has 0 aliphatic carbocycles. The van der Waals surface area contributed by atoms with Crippen LogP contribution in [0.5, 0.6) is 0 Å². The van der Waals surface area contributed by atoms with Crippen molar-refractivity contribution in [1.82, 2.24) is 0 Å². The number of carbonyl (C=O) groups is 1. The Balaban J connectivity index is 2.16. The normalized spacial score (nSPS) is 11.6. The summed E-state index contributed by atoms with van der Waals surface area (Å²) in [6.45, 7) is 2.29. The van der Waals surface area contributed by atoms with E-state index in [0.29, 0.717) is 24.6 Å². The minimum atomic E-state index is -4.63. The summed E-state index contributed by atoms with van der Waals surface area (Å²) >= 11 is 0. The lowest BCUT2D eigenvalue weighted by Gasteiger charge is -2.10. The number of unbranched alkanes of at least 4 members (excludes halogenated alkanes) is 10. The molecule has 0 unspecified atom stereocenters. The van der Waals surface area contributed by atoms with Gasteiger partial charge in [0.25, 0.3) is 0 Å². The first-order valence-corrected chi connectivity index (χ1v) is 9.90. The summed E-state index contributed by atoms with van der Waals surface area (Å²) in [5.41, 5.74) is -1.74. The van der Waals surface area contributed by atoms with Crippen molar-refractivity contribution in [3.05, 3.63) is 35.1 Å². The van der Waals surface area contributed by atoms with E-state index in [4.69, 9.17) is 4.74 Å². The maximum Gasteiger partial charge on any atom is 0.416 e. The van der Waals surface area contributed by atoms with Crippen LogP contribution >= 0.6 is 0 Å². The minimum Gasteiger partial charge on any atom is -0.462 e. The number of hydrogen-bond donors (Lipinski definition) is 0. The minimum absolute atomic E-state index is 0.0888. The van der Waals surface area contributed by atoms with Gasteiger partial charge in [-0.25, -0.2) is 9.18 Å². The smallest absolute Gasteiger partial charge is 0.416 e. The lowest BCUT2D eigenvalue weighted by atomic mass is 10.1. The molecule has 6 heteroatoms. The zero-order valence-electron chi connectivity index (χ0n) is 16.0. The van der Waals surface area contributed by atoms with Gasteiger partial charge in [0.15, 0.2) is 0 Å². The summed E-state index contributed by atoms with van der Waals surface area (Å²) in [6.07, 6.45) is 7.94. The van der Waals surface area contributed by atoms with Crippen molar-refractivity contribution in [2.75, 3.05) is 6.61 Å². The third-order valence-corrected chi connectivity index (χ3v) is 4.49. The van der Waals surface area contributed by atoms with E-state index in [1.807, 2.05) is 0 Å². The number of esters is 1. The van der Waals surface area contributed by atoms with Gasteiger partial charge in [-0.2, -0.15) is 13.2 Å². The van der Waals surface area contributed by atoms with Crippen LogP contribution in [0.4, 0.5) is 17.6 Å². The second kappa shape index (κ2) is 12.7. The Morgan fingerprint density at radius 3 is 1.93 bits per heavy atom. The van der Waals surface area contributed by atoms with Gasteiger partial charge in [-0.1, -0.05) is 71.1 Å². The Hall–Kier alpha value is -1.59. The molecule has 0 amide bonds. The van der Waals surface area contributed by atoms with Crippen LogP contribution in [0.15, 0.2) is 18.2 Å². The highest BCUT2D eigenvalue weighted by Gasteiger charge is 2.32. The molecule has 0 N–H and O–H groups in total. The molecule has 0 aliphatic rings. The molecule has 154 valence electrons. The Morgan fingerprint density at radius 1 is 0.889 bits per heavy atom. The van der Waals surface area contributed by atoms with Crippen LogP contribution in [0.3, 0.4) is 0 Å². The van der Waals surface area contributed by atoms with Crippen LogP contribution in [0.25, 0.3) is 0 Å². The third-order valence-electron chi connectivity index (χ3n) is 4.49. The monoisotopic (exact) mass is 390 g/mol. The first-order chi connectivity index (χ1) is 12.9. The molecule has 0 radical (unpaired) electrons. The van der Waals surface area contributed by atoms with E-state index in [-0.39, 0.29) is 6.61 Å². The van der Waals surface area contributed by atoms with Crippen LogP contribution in [0.1, 0.15) is 93.5 Å². The molecule has 0 heterocycles. The molecule has 2 nitrogen and oxygen atoms in total. The fourth-order valence-electron chi connectivity index (χ4n) is 2.87. The third kappa shape index (κ3) is 9.78. The molecule has 0 bridgehead atoms. The summed E-state index contributed by atoms with van der Waals surface area (Å²) in [5, 5.41) is 0. The van der Waals surface area contributed by atoms with E-state index >= 15 is 0 Å². The Kier molecular flexibility index (Phi) is 11.1. The topological polar surface area (TPSA) is 26.3 Å². The summed E-state index contributed by atoms with van der Waals surface area (Å²) < 4.78 is 56.4. The first kappa shape index (κ1) is 23.4. The second-order valence-corrected chi connectivity index (χ2v) is 6.86. The first-order valence-electron chi connectivity index (χ1n) is 9.90. The van der Waals surface area contributed by atoms with Gasteiger partial charge in [0, 0.05) is 0 Å². The summed E-state index contributed by atoms with van der Waals surface area (Å²) in [7, 11) is 0. The van der Waals surface area contributed by atoms with Crippen molar-refractivity contribution < 1.29 is 27.1 Å². The van der Waals surface area contributed by atoms with Gasteiger partial charge < -0.3 is 4.74 Å². The van der Waals surface area contributed by atoms with Crippen LogP contribution in [0, 0.1) is 5.82 Å². The average Bonchev–Trinajstić information content (AvgIpc) is 2.61. The summed E-state index contributed by atoms with van der Waals surface area (Å²) in [5.74, 6) is -2.06. The van der Waals surface area contributed by atoms with E-state index < -0.39 is 29.1 Å². The fourth-order valence-corrected chi connectivity index (χ4v) is 2.87. The number of rotatable bonds is 13. The van der Waals surface area contributed by atoms with Crippen LogP contribution in [-0.4, -0.2) is 12.6 Å². The molecule has 0 fully saturated rings. The summed E-state index contributed by atoms with van der Waals surface area (Å²) in [4.78, 5) is 11.8. The molecule has 27 heavy (non-hydrogen) atoms. The standard InChI is InChI=1S/C21H30F4O2/c1-2-3-4-5-6-7-8-9-10-11-12-15-27-20(26)18-16-17(21(23,24)25)13-14-19(18)22/h13-14,16H,2-12,15H2,1H3. The maximum absolute atomic E-state index is 13.6. The van der Waals surface area contributed by atoms with E-state index in [1.54, 1.807) is 0 Å². The Labute approximate surface area is 159 Å². The van der Waals surface area contributed by atoms with Crippen LogP contribution < -0.4 is 0 Å². The predicted molar refractivity (Wildman–Crippen MR) is 98.1 cm³/mol. The number of halogens is 4. The lowest BCUT2D eigenvalue weighted by molar-refractivity contribution is -0.137. The van der Waals surface area contributed by atoms with Crippen molar-refractivity contribution in [2.24, 2.45) is 0 Å². The lowest BCUT2D eigenvalue weighted by Crippen LogP contribution is -2.12. The van der Waals surface area contributed by atoms with Crippen molar-refractivity contribution in [2.45, 2.75) is 83.7 Å². The Morgan fingerprint density at radius 2 is 1.41 bits per heavy atom. The van der Waals surface area contributed by atoms with Gasteiger partial charge in [0.2, 0.25) is 0 Å². The summed E-state index contributed by atoms with van der Waals surface area (Å²) in [6, 6.07) is 1.75. The molecule has 1 aromatic carbocycles. The number of ether oxygens (including phenoxy) is 1. The van der Waals surface area contributed by atoms with Gasteiger partial charge >= 0.3 is 12.1 Å². The quantitative estimate of drug-likeness (QED) is 0.200. The van der Waals surface area contributed by atoms with Gasteiger partial charge in [-0.3, -0.25) is 0 Å². The molecular weight excluding hydrogens is 360 g/mol. The Bertz CT molecular complexity index is 556. The number of hydrogen-bond acceptors (Lipinski definition) is 2. The highest BCUT2D eigenvalue weighted by molar-refractivity contribution is 5.89. The zero-order chi connectivity index (χ0) is 20.1. The molecule has 0 saturated heterocycles. The number of alkyl halides is 3. The van der Waals surface area contributed by atoms with E-state index in [1.165, 1.54) is 44.9 Å².